The zero-order valence-corrected chi connectivity index (χ0v) is 20.0. The molecule has 0 amide bonds. The average Bonchev–Trinajstić information content (AvgIpc) is 3.30. The van der Waals surface area contributed by atoms with Gasteiger partial charge in [-0.2, -0.15) is 0 Å². The van der Waals surface area contributed by atoms with Crippen LogP contribution in [0.2, 0.25) is 0 Å². The Morgan fingerprint density at radius 3 is 2.62 bits per heavy atom. The van der Waals surface area contributed by atoms with Crippen LogP contribution in [0, 0.1) is 23.7 Å². The van der Waals surface area contributed by atoms with Gasteiger partial charge in [0.2, 0.25) is 0 Å². The lowest BCUT2D eigenvalue weighted by Crippen LogP contribution is -2.41. The van der Waals surface area contributed by atoms with Crippen molar-refractivity contribution < 1.29 is 33.3 Å². The summed E-state index contributed by atoms with van der Waals surface area (Å²) in [5.74, 6) is -2.06. The number of esters is 3. The molecule has 2 heterocycles. The van der Waals surface area contributed by atoms with Crippen LogP contribution in [-0.2, 0) is 33.3 Å². The molecule has 0 aromatic carbocycles. The van der Waals surface area contributed by atoms with Crippen molar-refractivity contribution in [1.82, 2.24) is 0 Å². The Morgan fingerprint density at radius 2 is 2.00 bits per heavy atom. The van der Waals surface area contributed by atoms with E-state index in [0.717, 1.165) is 11.1 Å². The Bertz CT molecular complexity index is 902. The molecule has 0 bridgehead atoms. The van der Waals surface area contributed by atoms with E-state index in [9.17, 15) is 14.4 Å². The van der Waals surface area contributed by atoms with Crippen molar-refractivity contribution in [3.63, 3.8) is 0 Å². The molecule has 3 fully saturated rings. The third kappa shape index (κ3) is 3.40. The van der Waals surface area contributed by atoms with Gasteiger partial charge in [-0.3, -0.25) is 9.59 Å². The minimum atomic E-state index is -0.567. The van der Waals surface area contributed by atoms with E-state index in [1.807, 2.05) is 34.6 Å². The minimum absolute atomic E-state index is 0.208. The van der Waals surface area contributed by atoms with E-state index >= 15 is 0 Å². The van der Waals surface area contributed by atoms with Crippen LogP contribution in [0.15, 0.2) is 22.8 Å². The number of hydrogen-bond donors (Lipinski definition) is 0. The number of rotatable bonds is 5. The summed E-state index contributed by atoms with van der Waals surface area (Å²) in [6.45, 7) is 13.1. The fourth-order valence-electron chi connectivity index (χ4n) is 5.66. The third-order valence-electron chi connectivity index (χ3n) is 8.03. The predicted octanol–water partition coefficient (Wildman–Crippen LogP) is 3.51. The van der Waals surface area contributed by atoms with Crippen LogP contribution in [-0.4, -0.2) is 47.9 Å². The number of hydrogen-bond acceptors (Lipinski definition) is 7. The number of ether oxygens (including phenoxy) is 4. The van der Waals surface area contributed by atoms with Gasteiger partial charge in [-0.25, -0.2) is 4.79 Å². The van der Waals surface area contributed by atoms with E-state index in [4.69, 9.17) is 18.9 Å². The van der Waals surface area contributed by atoms with Crippen molar-refractivity contribution in [3.05, 3.63) is 22.8 Å². The molecule has 9 unspecified atom stereocenters. The Kier molecular flexibility index (Phi) is 5.76. The maximum atomic E-state index is 12.7. The third-order valence-corrected chi connectivity index (χ3v) is 8.03. The molecule has 176 valence electrons. The number of carbonyl (C=O) groups is 3. The van der Waals surface area contributed by atoms with Crippen molar-refractivity contribution in [2.45, 2.75) is 91.3 Å². The highest BCUT2D eigenvalue weighted by Crippen LogP contribution is 2.63. The molecule has 4 aliphatic rings. The Labute approximate surface area is 189 Å². The van der Waals surface area contributed by atoms with E-state index in [1.54, 1.807) is 19.9 Å². The second-order valence-electron chi connectivity index (χ2n) is 9.99. The van der Waals surface area contributed by atoms with Crippen molar-refractivity contribution >= 4 is 17.9 Å². The van der Waals surface area contributed by atoms with Gasteiger partial charge in [0.25, 0.3) is 0 Å². The van der Waals surface area contributed by atoms with Crippen LogP contribution in [0.5, 0.6) is 0 Å². The first-order valence-electron chi connectivity index (χ1n) is 11.7. The SMILES string of the molecule is CC=C(C)C(=O)OC1CC(C)=C2C(OC(=O)C(C)CC)C3OC3(C)C2C2OC(=O)C(C)C12. The van der Waals surface area contributed by atoms with Gasteiger partial charge in [-0.1, -0.05) is 32.4 Å². The fraction of sp³-hybridized carbons (Fsp3) is 0.720. The van der Waals surface area contributed by atoms with E-state index in [0.29, 0.717) is 18.4 Å². The van der Waals surface area contributed by atoms with Crippen LogP contribution in [0.4, 0.5) is 0 Å². The summed E-state index contributed by atoms with van der Waals surface area (Å²) in [5, 5.41) is 0. The van der Waals surface area contributed by atoms with E-state index in [2.05, 4.69) is 0 Å². The molecule has 1 saturated carbocycles. The Balaban J connectivity index is 1.72. The minimum Gasteiger partial charge on any atom is -0.461 e. The first-order valence-corrected chi connectivity index (χ1v) is 11.7. The lowest BCUT2D eigenvalue weighted by atomic mass is 9.78. The van der Waals surface area contributed by atoms with Gasteiger partial charge in [0, 0.05) is 17.9 Å². The highest BCUT2D eigenvalue weighted by molar-refractivity contribution is 5.88. The van der Waals surface area contributed by atoms with Crippen molar-refractivity contribution in [3.8, 4) is 0 Å². The molecule has 7 heteroatoms. The molecule has 2 saturated heterocycles. The van der Waals surface area contributed by atoms with Gasteiger partial charge < -0.3 is 18.9 Å². The normalized spacial score (nSPS) is 41.2. The van der Waals surface area contributed by atoms with Gasteiger partial charge in [-0.05, 0) is 39.7 Å². The Morgan fingerprint density at radius 1 is 1.31 bits per heavy atom. The first-order chi connectivity index (χ1) is 15.0. The van der Waals surface area contributed by atoms with Crippen LogP contribution in [0.1, 0.15) is 61.3 Å². The lowest BCUT2D eigenvalue weighted by molar-refractivity contribution is -0.154. The average molecular weight is 447 g/mol. The molecular weight excluding hydrogens is 412 g/mol. The van der Waals surface area contributed by atoms with Crippen LogP contribution >= 0.6 is 0 Å². The molecular formula is C25H34O7. The number of carbonyl (C=O) groups excluding carboxylic acids is 3. The molecule has 4 rings (SSSR count). The Hall–Kier alpha value is -2.15. The highest BCUT2D eigenvalue weighted by Gasteiger charge is 2.75. The monoisotopic (exact) mass is 446 g/mol. The smallest absolute Gasteiger partial charge is 0.333 e. The van der Waals surface area contributed by atoms with Crippen LogP contribution in [0.25, 0.3) is 0 Å². The second kappa shape index (κ2) is 8.01. The topological polar surface area (TPSA) is 91.4 Å². The molecule has 32 heavy (non-hydrogen) atoms. The molecule has 2 aliphatic heterocycles. The summed E-state index contributed by atoms with van der Waals surface area (Å²) in [6.07, 6.45) is 1.13. The number of fused-ring (bicyclic) bond motifs is 5. The summed E-state index contributed by atoms with van der Waals surface area (Å²) in [4.78, 5) is 37.9. The molecule has 0 aromatic rings. The predicted molar refractivity (Wildman–Crippen MR) is 115 cm³/mol. The zero-order valence-electron chi connectivity index (χ0n) is 20.0. The molecule has 9 atom stereocenters. The van der Waals surface area contributed by atoms with E-state index in [-0.39, 0.29) is 41.8 Å². The van der Waals surface area contributed by atoms with Gasteiger partial charge in [-0.15, -0.1) is 0 Å². The quantitative estimate of drug-likeness (QED) is 0.210. The maximum absolute atomic E-state index is 12.7. The number of epoxide rings is 1. The first kappa shape index (κ1) is 23.0. The number of allylic oxidation sites excluding steroid dienone is 1. The summed E-state index contributed by atoms with van der Waals surface area (Å²) in [7, 11) is 0. The van der Waals surface area contributed by atoms with Crippen LogP contribution < -0.4 is 0 Å². The largest absolute Gasteiger partial charge is 0.461 e. The second-order valence-corrected chi connectivity index (χ2v) is 9.99. The van der Waals surface area contributed by atoms with E-state index < -0.39 is 29.8 Å². The fourth-order valence-corrected chi connectivity index (χ4v) is 5.66. The van der Waals surface area contributed by atoms with Crippen molar-refractivity contribution in [1.29, 1.82) is 0 Å². The van der Waals surface area contributed by atoms with Crippen LogP contribution in [0.3, 0.4) is 0 Å². The molecule has 0 aromatic heterocycles. The summed E-state index contributed by atoms with van der Waals surface area (Å²) >= 11 is 0. The molecule has 7 nitrogen and oxygen atoms in total. The van der Waals surface area contributed by atoms with Gasteiger partial charge in [0.1, 0.15) is 23.9 Å². The maximum Gasteiger partial charge on any atom is 0.333 e. The standard InChI is InChI=1S/C25H34O7/c1-8-11(3)22(26)29-15-10-13(5)16-18(19-17(15)14(6)24(28)30-19)25(7)21(32-25)20(16)31-23(27)12(4)9-2/h8,12,14-15,17-21H,9-10H2,1-7H3. The van der Waals surface area contributed by atoms with E-state index in [1.165, 1.54) is 0 Å². The van der Waals surface area contributed by atoms with Gasteiger partial charge >= 0.3 is 17.9 Å². The zero-order chi connectivity index (χ0) is 23.5. The highest BCUT2D eigenvalue weighted by atomic mass is 16.7. The molecule has 0 N–H and O–H groups in total. The molecule has 0 spiro atoms. The summed E-state index contributed by atoms with van der Waals surface area (Å²) < 4.78 is 23.9. The molecule has 2 aliphatic carbocycles. The lowest BCUT2D eigenvalue weighted by Gasteiger charge is -2.31. The summed E-state index contributed by atoms with van der Waals surface area (Å²) in [5.41, 5.74) is 1.94. The van der Waals surface area contributed by atoms with Crippen molar-refractivity contribution in [2.24, 2.45) is 23.7 Å². The van der Waals surface area contributed by atoms with Gasteiger partial charge in [0.15, 0.2) is 6.10 Å². The summed E-state index contributed by atoms with van der Waals surface area (Å²) in [6, 6.07) is 0. The molecule has 0 radical (unpaired) electrons. The van der Waals surface area contributed by atoms with Gasteiger partial charge in [0.05, 0.1) is 17.8 Å². The van der Waals surface area contributed by atoms with Crippen molar-refractivity contribution in [2.75, 3.05) is 0 Å².